The number of hydrogen-bond acceptors (Lipinski definition) is 8. The van der Waals surface area contributed by atoms with Crippen LogP contribution in [0.1, 0.15) is 70.6 Å². The number of likely N-dealkylation sites (tertiary alicyclic amines) is 1. The number of nitrogens with zero attached hydrogens (tertiary/aromatic N) is 4. The summed E-state index contributed by atoms with van der Waals surface area (Å²) in [5.74, 6) is -2.51. The number of methoxy groups -OCH3 is 1. The van der Waals surface area contributed by atoms with Crippen molar-refractivity contribution in [2.75, 3.05) is 47.0 Å². The molecule has 0 spiro atoms. The first-order valence-electron chi connectivity index (χ1n) is 23.2. The summed E-state index contributed by atoms with van der Waals surface area (Å²) in [6.07, 6.45) is 4.32. The third-order valence-corrected chi connectivity index (χ3v) is 13.3. The molecule has 4 aromatic rings. The molecular weight excluding hydrogens is 949 g/mol. The normalized spacial score (nSPS) is 19.4. The molecule has 0 radical (unpaired) electrons. The zero-order valence-corrected chi connectivity index (χ0v) is 45.2. The molecule has 0 aliphatic carbocycles. The lowest BCUT2D eigenvalue weighted by molar-refractivity contribution is -0.155. The van der Waals surface area contributed by atoms with Crippen LogP contribution in [0.25, 0.3) is 33.3 Å². The van der Waals surface area contributed by atoms with Crippen LogP contribution in [0.15, 0.2) is 79.4 Å². The van der Waals surface area contributed by atoms with Crippen LogP contribution in [0.5, 0.6) is 0 Å². The van der Waals surface area contributed by atoms with Gasteiger partial charge in [0.2, 0.25) is 17.7 Å². The van der Waals surface area contributed by atoms with Crippen LogP contribution in [0.3, 0.4) is 0 Å². The molecule has 3 aliphatic rings. The molecule has 4 amide bonds. The van der Waals surface area contributed by atoms with Crippen LogP contribution in [-0.4, -0.2) is 114 Å². The van der Waals surface area contributed by atoms with Crippen molar-refractivity contribution in [3.05, 3.63) is 96.1 Å². The summed E-state index contributed by atoms with van der Waals surface area (Å²) in [6.45, 7) is 16.3. The predicted molar refractivity (Wildman–Crippen MR) is 294 cm³/mol. The summed E-state index contributed by atoms with van der Waals surface area (Å²) in [7, 11) is 3.34. The van der Waals surface area contributed by atoms with Crippen molar-refractivity contribution in [1.29, 1.82) is 0 Å². The Morgan fingerprint density at radius 1 is 0.986 bits per heavy atom. The first kappa shape index (κ1) is 58.9. The second-order valence-corrected chi connectivity index (χ2v) is 19.0. The molecule has 4 atom stereocenters. The maximum absolute atomic E-state index is 14.7. The van der Waals surface area contributed by atoms with E-state index in [0.717, 1.165) is 51.8 Å². The molecule has 4 heterocycles. The van der Waals surface area contributed by atoms with E-state index < -0.39 is 41.3 Å². The Morgan fingerprint density at radius 2 is 1.71 bits per heavy atom. The molecule has 7 rings (SSSR count). The van der Waals surface area contributed by atoms with Crippen LogP contribution in [-0.2, 0) is 59.3 Å². The highest BCUT2D eigenvalue weighted by atomic mass is 32.1. The van der Waals surface area contributed by atoms with Crippen molar-refractivity contribution in [2.24, 2.45) is 17.3 Å². The maximum Gasteiger partial charge on any atom is 0.324 e. The fourth-order valence-corrected chi connectivity index (χ4v) is 10.0. The van der Waals surface area contributed by atoms with Gasteiger partial charge in [-0.25, -0.2) is 5.43 Å². The molecule has 0 unspecified atom stereocenters. The van der Waals surface area contributed by atoms with Crippen LogP contribution in [0.2, 0.25) is 0 Å². The van der Waals surface area contributed by atoms with Crippen LogP contribution >= 0.6 is 54.0 Å². The average Bonchev–Trinajstić information content (AvgIpc) is 3.92. The van der Waals surface area contributed by atoms with Gasteiger partial charge >= 0.3 is 5.97 Å². The third-order valence-electron chi connectivity index (χ3n) is 13.3. The van der Waals surface area contributed by atoms with E-state index in [9.17, 15) is 24.0 Å². The van der Waals surface area contributed by atoms with Gasteiger partial charge in [-0.3, -0.25) is 29.0 Å². The van der Waals surface area contributed by atoms with E-state index in [1.165, 1.54) is 27.1 Å². The summed E-state index contributed by atoms with van der Waals surface area (Å²) < 4.78 is 14.1. The highest BCUT2D eigenvalue weighted by molar-refractivity contribution is 7.59. The van der Waals surface area contributed by atoms with Gasteiger partial charge in [-0.2, -0.15) is 54.0 Å². The Morgan fingerprint density at radius 3 is 2.41 bits per heavy atom. The fourth-order valence-electron chi connectivity index (χ4n) is 10.0. The zero-order valence-electron chi connectivity index (χ0n) is 41.2. The molecular formula is C52H74N6O7S4. The monoisotopic (exact) mass is 1020 g/mol. The first-order chi connectivity index (χ1) is 31.1. The lowest BCUT2D eigenvalue weighted by Crippen LogP contribution is -2.62. The number of carbonyl (C=O) groups is 5. The van der Waals surface area contributed by atoms with Gasteiger partial charge in [-0.1, -0.05) is 88.9 Å². The van der Waals surface area contributed by atoms with Crippen LogP contribution < -0.4 is 10.7 Å². The van der Waals surface area contributed by atoms with E-state index in [1.54, 1.807) is 19.1 Å². The van der Waals surface area contributed by atoms with Crippen molar-refractivity contribution >= 4 is 94.5 Å². The number of likely N-dealkylation sites (N-methyl/N-ethyl adjacent to an activating group) is 1. The van der Waals surface area contributed by atoms with Gasteiger partial charge in [0.05, 0.1) is 24.8 Å². The topological polar surface area (TPSA) is 143 Å². The smallest absolute Gasteiger partial charge is 0.324 e. The van der Waals surface area contributed by atoms with Crippen molar-refractivity contribution in [3.63, 3.8) is 0 Å². The standard InChI is InChI=1S/C52H66N6O7.4H2S/c1-9-45(59)56-25-22-38(31-56)49(61)55(7)46(33(3)4)48(60)53-43-28-34-15-13-17-36(27-34)37-20-21-44-40(29-37)41(47(57(44)10-2)39-18-12-11-16-35(39)23-26-64-8)30-52(5,6)32-65-51(63)42-19-14-24-58(54-42)50(43)62;;;;/h9,11-13,15-18,20-21,27,29,33,38,42-43,46,54H,1,10,14,19,22-26,28,30-32H2,2-8H3,(H,53,60);4*1H2/t38-,42-,43-,46-;;;;/m0..../s1. The number of aryl methyl sites for hydroxylation is 1. The SMILES string of the molecule is C=CC(=O)N1CC[C@H](C(=O)N(C)[C@H](C(=O)N[C@H]2Cc3cccc(c3)-c3ccc4c(c3)c(c(-c3ccccc3CCOC)n4CC)CC(C)(C)COC(=O)[C@@H]3CCCN(N3)C2=O)C(C)C)C1.S.S.S.S. The number of ether oxygens (including phenoxy) is 2. The number of rotatable bonds is 11. The number of nitrogens with one attached hydrogen (secondary N) is 2. The van der Waals surface area contributed by atoms with Gasteiger partial charge in [0.1, 0.15) is 18.1 Å². The number of carbonyl (C=O) groups excluding carboxylic acids is 5. The molecule has 3 aliphatic heterocycles. The molecule has 1 aromatic heterocycles. The maximum atomic E-state index is 14.7. The quantitative estimate of drug-likeness (QED) is 0.124. The summed E-state index contributed by atoms with van der Waals surface area (Å²) in [5, 5.41) is 5.63. The Kier molecular flexibility index (Phi) is 21.9. The minimum absolute atomic E-state index is 0. The van der Waals surface area contributed by atoms with E-state index in [-0.39, 0.29) is 97.2 Å². The van der Waals surface area contributed by atoms with Gasteiger partial charge in [0.15, 0.2) is 0 Å². The molecule has 3 aromatic carbocycles. The molecule has 2 N–H and O–H groups in total. The van der Waals surface area contributed by atoms with E-state index in [2.05, 4.69) is 97.3 Å². The number of amides is 4. The van der Waals surface area contributed by atoms with Crippen molar-refractivity contribution in [3.8, 4) is 22.4 Å². The first-order valence-corrected chi connectivity index (χ1v) is 23.2. The average molecular weight is 1020 g/mol. The van der Waals surface area contributed by atoms with Crippen molar-refractivity contribution < 1.29 is 33.4 Å². The highest BCUT2D eigenvalue weighted by Crippen LogP contribution is 2.41. The van der Waals surface area contributed by atoms with Gasteiger partial charge in [0.25, 0.3) is 5.91 Å². The van der Waals surface area contributed by atoms with Gasteiger partial charge in [-0.15, -0.1) is 0 Å². The van der Waals surface area contributed by atoms with E-state index >= 15 is 0 Å². The Hall–Kier alpha value is -4.39. The lowest BCUT2D eigenvalue weighted by Gasteiger charge is -2.37. The molecule has 17 heteroatoms. The van der Waals surface area contributed by atoms with Gasteiger partial charge in [0, 0.05) is 68.6 Å². The number of hydrogen-bond donors (Lipinski definition) is 2. The number of benzene rings is 3. The predicted octanol–water partition coefficient (Wildman–Crippen LogP) is 6.80. The third kappa shape index (κ3) is 13.1. The minimum Gasteiger partial charge on any atom is -0.464 e. The summed E-state index contributed by atoms with van der Waals surface area (Å²) in [4.78, 5) is 72.4. The number of esters is 1. The molecule has 6 bridgehead atoms. The van der Waals surface area contributed by atoms with E-state index in [1.807, 2.05) is 26.0 Å². The fraction of sp³-hybridized carbons (Fsp3) is 0.481. The van der Waals surface area contributed by atoms with E-state index in [0.29, 0.717) is 45.4 Å². The molecule has 69 heavy (non-hydrogen) atoms. The Balaban J connectivity index is 0.00000315. The molecule has 2 saturated heterocycles. The minimum atomic E-state index is -1.04. The second-order valence-electron chi connectivity index (χ2n) is 19.0. The molecule has 2 fully saturated rings. The summed E-state index contributed by atoms with van der Waals surface area (Å²) in [5.41, 5.74) is 11.3. The van der Waals surface area contributed by atoms with Crippen LogP contribution in [0.4, 0.5) is 0 Å². The number of cyclic esters (lactones) is 1. The Labute approximate surface area is 436 Å². The van der Waals surface area contributed by atoms with Gasteiger partial charge < -0.3 is 29.2 Å². The second kappa shape index (κ2) is 25.6. The number of hydrazine groups is 1. The number of fused-ring (bicyclic) bond motifs is 6. The highest BCUT2D eigenvalue weighted by Gasteiger charge is 2.40. The van der Waals surface area contributed by atoms with Gasteiger partial charge in [-0.05, 0) is 91.0 Å². The zero-order chi connectivity index (χ0) is 46.6. The van der Waals surface area contributed by atoms with E-state index in [4.69, 9.17) is 9.47 Å². The van der Waals surface area contributed by atoms with Crippen molar-refractivity contribution in [2.45, 2.75) is 97.8 Å². The lowest BCUT2D eigenvalue weighted by atomic mass is 9.83. The van der Waals surface area contributed by atoms with Crippen LogP contribution in [0, 0.1) is 17.3 Å². The molecule has 378 valence electrons. The molecule has 13 nitrogen and oxygen atoms in total. The number of aromatic nitrogens is 1. The summed E-state index contributed by atoms with van der Waals surface area (Å²) >= 11 is 0. The summed E-state index contributed by atoms with van der Waals surface area (Å²) in [6, 6.07) is 20.5. The van der Waals surface area contributed by atoms with Crippen molar-refractivity contribution in [1.82, 2.24) is 30.1 Å². The Bertz CT molecular complexity index is 2460. The molecule has 0 saturated carbocycles. The largest absolute Gasteiger partial charge is 0.464 e.